The van der Waals surface area contributed by atoms with Crippen LogP contribution in [0.2, 0.25) is 0 Å². The smallest absolute Gasteiger partial charge is 0.323 e. The van der Waals surface area contributed by atoms with Crippen molar-refractivity contribution in [3.05, 3.63) is 42.1 Å². The second-order valence-electron chi connectivity index (χ2n) is 4.36. The zero-order valence-electron chi connectivity index (χ0n) is 10.9. The van der Waals surface area contributed by atoms with Crippen molar-refractivity contribution in [1.82, 2.24) is 9.97 Å². The number of likely N-dealkylation sites (N-methyl/N-ethyl adjacent to an activating group) is 1. The van der Waals surface area contributed by atoms with Crippen LogP contribution in [0.1, 0.15) is 5.56 Å². The molecule has 1 aromatic heterocycles. The number of nitrogens with zero attached hydrogens (tertiary/aromatic N) is 3. The number of hydrogen-bond donors (Lipinski definition) is 1. The lowest BCUT2D eigenvalue weighted by atomic mass is 10.1. The van der Waals surface area contributed by atoms with Gasteiger partial charge in [-0.3, -0.25) is 4.79 Å². The van der Waals surface area contributed by atoms with Crippen LogP contribution >= 0.6 is 0 Å². The second-order valence-corrected chi connectivity index (χ2v) is 4.36. The van der Waals surface area contributed by atoms with Crippen LogP contribution in [0.25, 0.3) is 11.3 Å². The van der Waals surface area contributed by atoms with Crippen molar-refractivity contribution in [2.75, 3.05) is 18.5 Å². The fraction of sp³-hybridized carbons (Fsp3) is 0.214. The highest BCUT2D eigenvalue weighted by Gasteiger charge is 2.09. The molecule has 5 heteroatoms. The zero-order valence-corrected chi connectivity index (χ0v) is 10.9. The summed E-state index contributed by atoms with van der Waals surface area (Å²) in [5, 5.41) is 8.77. The van der Waals surface area contributed by atoms with E-state index >= 15 is 0 Å². The summed E-state index contributed by atoms with van der Waals surface area (Å²) >= 11 is 0. The standard InChI is InChI=1S/C14H15N3O2/c1-10-4-3-5-11(8-10)12-6-7-15-14(16-12)17(2)9-13(18)19/h3-8H,9H2,1-2H3,(H,18,19). The Morgan fingerprint density at radius 2 is 2.16 bits per heavy atom. The van der Waals surface area contributed by atoms with E-state index < -0.39 is 5.97 Å². The highest BCUT2D eigenvalue weighted by Crippen LogP contribution is 2.19. The summed E-state index contributed by atoms with van der Waals surface area (Å²) in [7, 11) is 1.66. The van der Waals surface area contributed by atoms with Crippen molar-refractivity contribution in [2.24, 2.45) is 0 Å². The maximum Gasteiger partial charge on any atom is 0.323 e. The van der Waals surface area contributed by atoms with Gasteiger partial charge in [-0.2, -0.15) is 0 Å². The first-order valence-corrected chi connectivity index (χ1v) is 5.89. The van der Waals surface area contributed by atoms with Crippen LogP contribution in [0, 0.1) is 6.92 Å². The summed E-state index contributed by atoms with van der Waals surface area (Å²) in [4.78, 5) is 20.7. The minimum Gasteiger partial charge on any atom is -0.480 e. The number of aliphatic carboxylic acids is 1. The first kappa shape index (κ1) is 13.0. The van der Waals surface area contributed by atoms with Gasteiger partial charge in [0.1, 0.15) is 6.54 Å². The van der Waals surface area contributed by atoms with E-state index in [1.54, 1.807) is 13.2 Å². The van der Waals surface area contributed by atoms with Gasteiger partial charge < -0.3 is 10.0 Å². The van der Waals surface area contributed by atoms with Crippen LogP contribution in [0.15, 0.2) is 36.5 Å². The minimum absolute atomic E-state index is 0.128. The number of aryl methyl sites for hydroxylation is 1. The topological polar surface area (TPSA) is 66.3 Å². The highest BCUT2D eigenvalue weighted by atomic mass is 16.4. The summed E-state index contributed by atoms with van der Waals surface area (Å²) in [6.07, 6.45) is 1.64. The van der Waals surface area contributed by atoms with E-state index in [9.17, 15) is 4.79 Å². The Morgan fingerprint density at radius 1 is 1.37 bits per heavy atom. The molecule has 0 amide bonds. The first-order chi connectivity index (χ1) is 9.06. The molecule has 5 nitrogen and oxygen atoms in total. The molecule has 0 aliphatic carbocycles. The number of carbonyl (C=O) groups is 1. The Morgan fingerprint density at radius 3 is 2.84 bits per heavy atom. The Balaban J connectivity index is 2.31. The number of hydrogen-bond acceptors (Lipinski definition) is 4. The molecule has 0 spiro atoms. The molecule has 98 valence electrons. The van der Waals surface area contributed by atoms with Gasteiger partial charge in [0.25, 0.3) is 0 Å². The summed E-state index contributed by atoms with van der Waals surface area (Å²) in [6.45, 7) is 1.89. The molecule has 0 saturated carbocycles. The Bertz CT molecular complexity index is 599. The van der Waals surface area contributed by atoms with E-state index in [0.717, 1.165) is 16.8 Å². The van der Waals surface area contributed by atoms with Gasteiger partial charge in [0.2, 0.25) is 5.95 Å². The third-order valence-electron chi connectivity index (χ3n) is 2.67. The van der Waals surface area contributed by atoms with Gasteiger partial charge in [-0.15, -0.1) is 0 Å². The molecule has 0 bridgehead atoms. The Hall–Kier alpha value is -2.43. The van der Waals surface area contributed by atoms with E-state index in [1.165, 1.54) is 4.90 Å². The lowest BCUT2D eigenvalue weighted by Crippen LogP contribution is -2.26. The maximum absolute atomic E-state index is 10.7. The largest absolute Gasteiger partial charge is 0.480 e. The van der Waals surface area contributed by atoms with Gasteiger partial charge in [-0.1, -0.05) is 23.8 Å². The van der Waals surface area contributed by atoms with Crippen molar-refractivity contribution < 1.29 is 9.90 Å². The fourth-order valence-corrected chi connectivity index (χ4v) is 1.77. The minimum atomic E-state index is -0.910. The van der Waals surface area contributed by atoms with Gasteiger partial charge in [0.05, 0.1) is 5.69 Å². The van der Waals surface area contributed by atoms with Crippen LogP contribution in [-0.4, -0.2) is 34.6 Å². The van der Waals surface area contributed by atoms with E-state index in [4.69, 9.17) is 5.11 Å². The van der Waals surface area contributed by atoms with Crippen molar-refractivity contribution in [3.8, 4) is 11.3 Å². The third kappa shape index (κ3) is 3.28. The molecule has 1 heterocycles. The maximum atomic E-state index is 10.7. The lowest BCUT2D eigenvalue weighted by Gasteiger charge is -2.14. The third-order valence-corrected chi connectivity index (χ3v) is 2.67. The second kappa shape index (κ2) is 5.48. The molecule has 0 radical (unpaired) electrons. The molecule has 0 saturated heterocycles. The molecule has 19 heavy (non-hydrogen) atoms. The van der Waals surface area contributed by atoms with Crippen molar-refractivity contribution in [1.29, 1.82) is 0 Å². The predicted octanol–water partition coefficient (Wildman–Crippen LogP) is 1.97. The van der Waals surface area contributed by atoms with E-state index in [2.05, 4.69) is 9.97 Å². The zero-order chi connectivity index (χ0) is 13.8. The van der Waals surface area contributed by atoms with Crippen LogP contribution in [0.5, 0.6) is 0 Å². The molecule has 2 rings (SSSR count). The number of aromatic nitrogens is 2. The Kier molecular flexibility index (Phi) is 3.75. The van der Waals surface area contributed by atoms with Crippen LogP contribution < -0.4 is 4.90 Å². The average molecular weight is 257 g/mol. The monoisotopic (exact) mass is 257 g/mol. The van der Waals surface area contributed by atoms with Gasteiger partial charge in [0.15, 0.2) is 0 Å². The van der Waals surface area contributed by atoms with Gasteiger partial charge in [-0.25, -0.2) is 9.97 Å². The molecule has 0 aliphatic rings. The SMILES string of the molecule is Cc1cccc(-c2ccnc(N(C)CC(=O)O)n2)c1. The van der Waals surface area contributed by atoms with E-state index in [0.29, 0.717) is 5.95 Å². The summed E-state index contributed by atoms with van der Waals surface area (Å²) in [6, 6.07) is 9.79. The summed E-state index contributed by atoms with van der Waals surface area (Å²) < 4.78 is 0. The van der Waals surface area contributed by atoms with Crippen LogP contribution in [0.4, 0.5) is 5.95 Å². The normalized spacial score (nSPS) is 10.2. The molecular weight excluding hydrogens is 242 g/mol. The summed E-state index contributed by atoms with van der Waals surface area (Å²) in [5.74, 6) is -0.506. The van der Waals surface area contributed by atoms with E-state index in [-0.39, 0.29) is 6.54 Å². The number of carboxylic acid groups (broad SMARTS) is 1. The molecule has 2 aromatic rings. The fourth-order valence-electron chi connectivity index (χ4n) is 1.77. The van der Waals surface area contributed by atoms with Crippen molar-refractivity contribution >= 4 is 11.9 Å². The number of carboxylic acids is 1. The van der Waals surface area contributed by atoms with Crippen LogP contribution in [0.3, 0.4) is 0 Å². The van der Waals surface area contributed by atoms with Crippen molar-refractivity contribution in [3.63, 3.8) is 0 Å². The molecular formula is C14H15N3O2. The van der Waals surface area contributed by atoms with Gasteiger partial charge in [0, 0.05) is 18.8 Å². The molecule has 0 aliphatic heterocycles. The van der Waals surface area contributed by atoms with Gasteiger partial charge >= 0.3 is 5.97 Å². The predicted molar refractivity (Wildman–Crippen MR) is 73.1 cm³/mol. The highest BCUT2D eigenvalue weighted by molar-refractivity contribution is 5.72. The lowest BCUT2D eigenvalue weighted by molar-refractivity contribution is -0.135. The molecule has 1 N–H and O–H groups in total. The number of rotatable bonds is 4. The number of anilines is 1. The quantitative estimate of drug-likeness (QED) is 0.907. The molecule has 0 fully saturated rings. The molecule has 0 atom stereocenters. The van der Waals surface area contributed by atoms with E-state index in [1.807, 2.05) is 37.3 Å². The molecule has 1 aromatic carbocycles. The Labute approximate surface area is 111 Å². The first-order valence-electron chi connectivity index (χ1n) is 5.89. The average Bonchev–Trinajstić information content (AvgIpc) is 2.38. The summed E-state index contributed by atoms with van der Waals surface area (Å²) in [5.41, 5.74) is 2.93. The number of benzene rings is 1. The van der Waals surface area contributed by atoms with Crippen LogP contribution in [-0.2, 0) is 4.79 Å². The molecule has 0 unspecified atom stereocenters. The van der Waals surface area contributed by atoms with Crippen molar-refractivity contribution in [2.45, 2.75) is 6.92 Å². The van der Waals surface area contributed by atoms with Gasteiger partial charge in [-0.05, 0) is 19.1 Å².